The molecular weight excluding hydrogens is 198 g/mol. The van der Waals surface area contributed by atoms with Crippen molar-refractivity contribution in [3.05, 3.63) is 30.4 Å². The second-order valence-corrected chi connectivity index (χ2v) is 4.28. The molecule has 3 nitrogen and oxygen atoms in total. The third-order valence-electron chi connectivity index (χ3n) is 2.72. The van der Waals surface area contributed by atoms with Crippen LogP contribution >= 0.6 is 0 Å². The number of hydrogen-bond donors (Lipinski definition) is 1. The van der Waals surface area contributed by atoms with E-state index in [0.717, 1.165) is 31.5 Å². The molecule has 0 spiro atoms. The Bertz CT molecular complexity index is 328. The van der Waals surface area contributed by atoms with Gasteiger partial charge in [-0.1, -0.05) is 26.0 Å². The minimum absolute atomic E-state index is 0.314. The third kappa shape index (κ3) is 3.81. The van der Waals surface area contributed by atoms with E-state index in [9.17, 15) is 0 Å². The molecule has 1 heterocycles. The number of imidazole rings is 1. The molecule has 0 aliphatic heterocycles. The minimum atomic E-state index is 0.314. The van der Waals surface area contributed by atoms with E-state index in [1.165, 1.54) is 5.57 Å². The zero-order valence-corrected chi connectivity index (χ0v) is 10.7. The molecule has 0 saturated carbocycles. The molecule has 0 aliphatic rings. The summed E-state index contributed by atoms with van der Waals surface area (Å²) in [6.45, 7) is 9.43. The molecule has 0 saturated heterocycles. The van der Waals surface area contributed by atoms with Crippen molar-refractivity contribution in [2.45, 2.75) is 39.2 Å². The quantitative estimate of drug-likeness (QED) is 0.718. The Morgan fingerprint density at radius 1 is 1.56 bits per heavy atom. The van der Waals surface area contributed by atoms with Gasteiger partial charge in [0.25, 0.3) is 0 Å². The Hall–Kier alpha value is -1.09. The first-order chi connectivity index (χ1) is 7.67. The summed E-state index contributed by atoms with van der Waals surface area (Å²) in [7, 11) is 2.00. The fourth-order valence-electron chi connectivity index (χ4n) is 1.65. The van der Waals surface area contributed by atoms with Gasteiger partial charge in [-0.25, -0.2) is 4.98 Å². The van der Waals surface area contributed by atoms with Crippen LogP contribution in [0.1, 0.15) is 44.8 Å². The molecule has 0 aliphatic carbocycles. The summed E-state index contributed by atoms with van der Waals surface area (Å²) in [4.78, 5) is 4.42. The zero-order valence-electron chi connectivity index (χ0n) is 10.7. The van der Waals surface area contributed by atoms with Crippen LogP contribution in [-0.4, -0.2) is 16.1 Å². The number of nitrogens with zero attached hydrogens (tertiary/aromatic N) is 2. The Labute approximate surface area is 98.6 Å². The molecule has 0 aromatic carbocycles. The standard InChI is InChI=1S/C13H23N3/c1-5-7-14-12(8-11(3)6-2)13-9-16(4)10-15-13/h9-10,12,14H,3,5-8H2,1-2,4H3. The van der Waals surface area contributed by atoms with E-state index in [4.69, 9.17) is 0 Å². The predicted molar refractivity (Wildman–Crippen MR) is 68.3 cm³/mol. The van der Waals surface area contributed by atoms with Gasteiger partial charge in [0, 0.05) is 13.2 Å². The number of aryl methyl sites for hydroxylation is 1. The van der Waals surface area contributed by atoms with Crippen LogP contribution in [0.15, 0.2) is 24.7 Å². The number of rotatable bonds is 7. The molecule has 0 fully saturated rings. The van der Waals surface area contributed by atoms with Crippen LogP contribution in [0, 0.1) is 0 Å². The molecule has 1 N–H and O–H groups in total. The van der Waals surface area contributed by atoms with Crippen LogP contribution in [0.3, 0.4) is 0 Å². The molecule has 1 aromatic rings. The van der Waals surface area contributed by atoms with Crippen LogP contribution in [0.25, 0.3) is 0 Å². The first-order valence-electron chi connectivity index (χ1n) is 6.05. The van der Waals surface area contributed by atoms with E-state index in [-0.39, 0.29) is 0 Å². The molecule has 1 aromatic heterocycles. The first kappa shape index (κ1) is 13.0. The van der Waals surface area contributed by atoms with Gasteiger partial charge in [-0.2, -0.15) is 0 Å². The highest BCUT2D eigenvalue weighted by Crippen LogP contribution is 2.20. The van der Waals surface area contributed by atoms with Crippen LogP contribution in [-0.2, 0) is 7.05 Å². The lowest BCUT2D eigenvalue weighted by atomic mass is 10.0. The van der Waals surface area contributed by atoms with Crippen molar-refractivity contribution in [3.8, 4) is 0 Å². The maximum absolute atomic E-state index is 4.42. The molecule has 0 amide bonds. The van der Waals surface area contributed by atoms with Crippen molar-refractivity contribution in [1.29, 1.82) is 0 Å². The molecule has 1 unspecified atom stereocenters. The number of hydrogen-bond acceptors (Lipinski definition) is 2. The summed E-state index contributed by atoms with van der Waals surface area (Å²) < 4.78 is 1.99. The average molecular weight is 221 g/mol. The lowest BCUT2D eigenvalue weighted by molar-refractivity contribution is 0.514. The average Bonchev–Trinajstić information content (AvgIpc) is 2.70. The first-order valence-corrected chi connectivity index (χ1v) is 6.05. The van der Waals surface area contributed by atoms with E-state index in [1.807, 2.05) is 17.9 Å². The second kappa shape index (κ2) is 6.48. The fourth-order valence-corrected chi connectivity index (χ4v) is 1.65. The number of aromatic nitrogens is 2. The lowest BCUT2D eigenvalue weighted by Crippen LogP contribution is -2.22. The largest absolute Gasteiger partial charge is 0.340 e. The van der Waals surface area contributed by atoms with Crippen molar-refractivity contribution in [1.82, 2.24) is 14.9 Å². The summed E-state index contributed by atoms with van der Waals surface area (Å²) in [6, 6.07) is 0.314. The van der Waals surface area contributed by atoms with Crippen LogP contribution in [0.5, 0.6) is 0 Å². The summed E-state index contributed by atoms with van der Waals surface area (Å²) in [6.07, 6.45) is 7.09. The fraction of sp³-hybridized carbons (Fsp3) is 0.615. The molecule has 1 atom stereocenters. The van der Waals surface area contributed by atoms with Gasteiger partial charge >= 0.3 is 0 Å². The molecule has 16 heavy (non-hydrogen) atoms. The highest BCUT2D eigenvalue weighted by atomic mass is 15.0. The monoisotopic (exact) mass is 221 g/mol. The van der Waals surface area contributed by atoms with E-state index in [2.05, 4.69) is 36.9 Å². The Morgan fingerprint density at radius 3 is 2.81 bits per heavy atom. The molecule has 0 bridgehead atoms. The Kier molecular flexibility index (Phi) is 5.26. The Balaban J connectivity index is 2.66. The Morgan fingerprint density at radius 2 is 2.31 bits per heavy atom. The van der Waals surface area contributed by atoms with Crippen molar-refractivity contribution in [2.75, 3.05) is 6.54 Å². The van der Waals surface area contributed by atoms with E-state index < -0.39 is 0 Å². The van der Waals surface area contributed by atoms with Gasteiger partial charge in [-0.3, -0.25) is 0 Å². The summed E-state index contributed by atoms with van der Waals surface area (Å²) in [5.74, 6) is 0. The van der Waals surface area contributed by atoms with Crippen molar-refractivity contribution in [2.24, 2.45) is 7.05 Å². The topological polar surface area (TPSA) is 29.9 Å². The van der Waals surface area contributed by atoms with E-state index >= 15 is 0 Å². The molecule has 3 heteroatoms. The van der Waals surface area contributed by atoms with E-state index in [1.54, 1.807) is 0 Å². The van der Waals surface area contributed by atoms with Gasteiger partial charge in [0.05, 0.1) is 18.1 Å². The van der Waals surface area contributed by atoms with Crippen LogP contribution in [0.4, 0.5) is 0 Å². The normalized spacial score (nSPS) is 12.7. The van der Waals surface area contributed by atoms with Gasteiger partial charge in [0.1, 0.15) is 0 Å². The SMILES string of the molecule is C=C(CC)CC(NCCC)c1cn(C)cn1. The summed E-state index contributed by atoms with van der Waals surface area (Å²) in [5.41, 5.74) is 2.39. The van der Waals surface area contributed by atoms with Gasteiger partial charge < -0.3 is 9.88 Å². The smallest absolute Gasteiger partial charge is 0.0947 e. The highest BCUT2D eigenvalue weighted by Gasteiger charge is 2.13. The van der Waals surface area contributed by atoms with Crippen molar-refractivity contribution < 1.29 is 0 Å². The lowest BCUT2D eigenvalue weighted by Gasteiger charge is -2.17. The van der Waals surface area contributed by atoms with Gasteiger partial charge in [0.2, 0.25) is 0 Å². The third-order valence-corrected chi connectivity index (χ3v) is 2.72. The van der Waals surface area contributed by atoms with Crippen LogP contribution < -0.4 is 5.32 Å². The van der Waals surface area contributed by atoms with Gasteiger partial charge in [-0.15, -0.1) is 0 Å². The maximum Gasteiger partial charge on any atom is 0.0947 e. The molecular formula is C13H23N3. The number of nitrogens with one attached hydrogen (secondary N) is 1. The highest BCUT2D eigenvalue weighted by molar-refractivity contribution is 5.09. The molecule has 90 valence electrons. The van der Waals surface area contributed by atoms with Gasteiger partial charge in [-0.05, 0) is 25.8 Å². The van der Waals surface area contributed by atoms with Gasteiger partial charge in [0.15, 0.2) is 0 Å². The molecule has 0 radical (unpaired) electrons. The summed E-state index contributed by atoms with van der Waals surface area (Å²) in [5, 5.41) is 3.53. The van der Waals surface area contributed by atoms with Crippen molar-refractivity contribution in [3.63, 3.8) is 0 Å². The predicted octanol–water partition coefficient (Wildman–Crippen LogP) is 2.82. The minimum Gasteiger partial charge on any atom is -0.340 e. The van der Waals surface area contributed by atoms with Crippen molar-refractivity contribution >= 4 is 0 Å². The van der Waals surface area contributed by atoms with E-state index in [0.29, 0.717) is 6.04 Å². The molecule has 1 rings (SSSR count). The summed E-state index contributed by atoms with van der Waals surface area (Å²) >= 11 is 0. The zero-order chi connectivity index (χ0) is 12.0. The second-order valence-electron chi connectivity index (χ2n) is 4.28. The van der Waals surface area contributed by atoms with Crippen LogP contribution in [0.2, 0.25) is 0 Å². The maximum atomic E-state index is 4.42.